The number of benzene rings is 2. The van der Waals surface area contributed by atoms with Gasteiger partial charge in [-0.25, -0.2) is 14.0 Å². The van der Waals surface area contributed by atoms with Crippen LogP contribution in [0.15, 0.2) is 48.5 Å². The first-order chi connectivity index (χ1) is 12.4. The van der Waals surface area contributed by atoms with Crippen molar-refractivity contribution in [2.24, 2.45) is 5.92 Å². The van der Waals surface area contributed by atoms with Gasteiger partial charge < -0.3 is 15.4 Å². The molecule has 0 aliphatic rings. The van der Waals surface area contributed by atoms with E-state index < -0.39 is 23.9 Å². The molecule has 2 N–H and O–H groups in total. The van der Waals surface area contributed by atoms with Crippen LogP contribution >= 0.6 is 11.6 Å². The summed E-state index contributed by atoms with van der Waals surface area (Å²) in [5.74, 6) is -1.44. The molecule has 2 amide bonds. The van der Waals surface area contributed by atoms with Crippen LogP contribution in [0.1, 0.15) is 19.4 Å². The van der Waals surface area contributed by atoms with Gasteiger partial charge in [0.05, 0.1) is 5.02 Å². The molecule has 0 bridgehead atoms. The molecular weight excluding hydrogens is 359 g/mol. The van der Waals surface area contributed by atoms with Crippen LogP contribution < -0.4 is 10.6 Å². The van der Waals surface area contributed by atoms with Crippen molar-refractivity contribution in [3.05, 3.63) is 64.9 Å². The minimum Gasteiger partial charge on any atom is -0.459 e. The Morgan fingerprint density at radius 3 is 2.42 bits per heavy atom. The van der Waals surface area contributed by atoms with E-state index >= 15 is 0 Å². The molecule has 26 heavy (non-hydrogen) atoms. The van der Waals surface area contributed by atoms with E-state index in [2.05, 4.69) is 10.6 Å². The fourth-order valence-electron chi connectivity index (χ4n) is 2.23. The van der Waals surface area contributed by atoms with Gasteiger partial charge in [0, 0.05) is 11.3 Å². The van der Waals surface area contributed by atoms with Gasteiger partial charge in [-0.3, -0.25) is 0 Å². The minimum absolute atomic E-state index is 0.0961. The molecule has 0 fully saturated rings. The maximum Gasteiger partial charge on any atom is 0.329 e. The summed E-state index contributed by atoms with van der Waals surface area (Å²) in [6.07, 6.45) is 0. The lowest BCUT2D eigenvalue weighted by Crippen LogP contribution is -2.47. The molecule has 0 aliphatic heterocycles. The van der Waals surface area contributed by atoms with Crippen LogP contribution in [0, 0.1) is 11.7 Å². The lowest BCUT2D eigenvalue weighted by Gasteiger charge is -2.21. The van der Waals surface area contributed by atoms with E-state index in [0.717, 1.165) is 0 Å². The summed E-state index contributed by atoms with van der Waals surface area (Å²) < 4.78 is 18.9. The first kappa shape index (κ1) is 19.7. The molecule has 0 aromatic heterocycles. The third kappa shape index (κ3) is 5.46. The quantitative estimate of drug-likeness (QED) is 0.733. The van der Waals surface area contributed by atoms with Crippen LogP contribution in [0.3, 0.4) is 0 Å². The average Bonchev–Trinajstić information content (AvgIpc) is 2.59. The molecule has 0 unspecified atom stereocenters. The molecule has 0 heterocycles. The highest BCUT2D eigenvalue weighted by molar-refractivity contribution is 6.31. The predicted octanol–water partition coefficient (Wildman–Crippen LogP) is 4.37. The highest BCUT2D eigenvalue weighted by atomic mass is 35.5. The molecule has 1 atom stereocenters. The summed E-state index contributed by atoms with van der Waals surface area (Å²) in [7, 11) is 0. The van der Waals surface area contributed by atoms with E-state index in [4.69, 9.17) is 16.3 Å². The maximum atomic E-state index is 13.8. The topological polar surface area (TPSA) is 67.4 Å². The van der Waals surface area contributed by atoms with Gasteiger partial charge in [0.15, 0.2) is 0 Å². The molecule has 2 aromatic rings. The van der Waals surface area contributed by atoms with E-state index in [1.54, 1.807) is 38.1 Å². The van der Waals surface area contributed by atoms with Crippen LogP contribution in [0.5, 0.6) is 0 Å². The number of ether oxygens (including phenoxy) is 1. The number of carbonyl (C=O) groups excluding carboxylic acids is 2. The number of nitrogens with one attached hydrogen (secondary N) is 2. The van der Waals surface area contributed by atoms with E-state index in [0.29, 0.717) is 5.69 Å². The Bertz CT molecular complexity index is 748. The van der Waals surface area contributed by atoms with Gasteiger partial charge in [0.1, 0.15) is 18.5 Å². The Balaban J connectivity index is 1.97. The van der Waals surface area contributed by atoms with Gasteiger partial charge in [0.25, 0.3) is 0 Å². The highest BCUT2D eigenvalue weighted by Gasteiger charge is 2.26. The zero-order valence-corrected chi connectivity index (χ0v) is 15.2. The molecule has 2 aromatic carbocycles. The summed E-state index contributed by atoms with van der Waals surface area (Å²) in [5, 5.41) is 5.39. The predicted molar refractivity (Wildman–Crippen MR) is 98.4 cm³/mol. The number of hydrogen-bond donors (Lipinski definition) is 2. The zero-order valence-electron chi connectivity index (χ0n) is 14.5. The van der Waals surface area contributed by atoms with Crippen LogP contribution in [0.25, 0.3) is 0 Å². The van der Waals surface area contributed by atoms with Crippen LogP contribution in [-0.2, 0) is 16.1 Å². The number of urea groups is 1. The first-order valence-corrected chi connectivity index (χ1v) is 8.48. The molecule has 2 rings (SSSR count). The summed E-state index contributed by atoms with van der Waals surface area (Å²) in [6.45, 7) is 3.23. The monoisotopic (exact) mass is 378 g/mol. The van der Waals surface area contributed by atoms with E-state index in [1.807, 2.05) is 6.07 Å². The molecule has 5 nitrogen and oxygen atoms in total. The second-order valence-electron chi connectivity index (χ2n) is 5.99. The Labute approximate surface area is 156 Å². The van der Waals surface area contributed by atoms with Gasteiger partial charge >= 0.3 is 12.0 Å². The molecule has 0 spiro atoms. The van der Waals surface area contributed by atoms with E-state index in [1.165, 1.54) is 18.2 Å². The Hall–Kier alpha value is -2.60. The number of para-hydroxylation sites is 1. The standard InChI is InChI=1S/C19H20ClFN2O3/c1-12(2)17(23-19(25)22-13-7-4-3-5-8-13)18(24)26-11-14-15(20)9-6-10-16(14)21/h3-10,12,17H,11H2,1-2H3,(H2,22,23,25)/t17-/m1/s1. The third-order valence-electron chi connectivity index (χ3n) is 3.66. The molecule has 0 saturated heterocycles. The smallest absolute Gasteiger partial charge is 0.329 e. The Morgan fingerprint density at radius 2 is 1.81 bits per heavy atom. The fourth-order valence-corrected chi connectivity index (χ4v) is 2.45. The highest BCUT2D eigenvalue weighted by Crippen LogP contribution is 2.20. The molecule has 0 aliphatic carbocycles. The van der Waals surface area contributed by atoms with Crippen LogP contribution in [-0.4, -0.2) is 18.0 Å². The maximum absolute atomic E-state index is 13.8. The van der Waals surface area contributed by atoms with Crippen molar-refractivity contribution in [1.29, 1.82) is 0 Å². The minimum atomic E-state index is -0.885. The van der Waals surface area contributed by atoms with Crippen molar-refractivity contribution >= 4 is 29.3 Å². The number of carbonyl (C=O) groups is 2. The van der Waals surface area contributed by atoms with Gasteiger partial charge in [-0.2, -0.15) is 0 Å². The van der Waals surface area contributed by atoms with Gasteiger partial charge in [-0.15, -0.1) is 0 Å². The Kier molecular flexibility index (Phi) is 6.97. The summed E-state index contributed by atoms with van der Waals surface area (Å²) in [5.41, 5.74) is 0.692. The second-order valence-corrected chi connectivity index (χ2v) is 6.40. The van der Waals surface area contributed by atoms with Crippen molar-refractivity contribution in [1.82, 2.24) is 5.32 Å². The average molecular weight is 379 g/mol. The number of esters is 1. The zero-order chi connectivity index (χ0) is 19.1. The van der Waals surface area contributed by atoms with Gasteiger partial charge in [0.2, 0.25) is 0 Å². The van der Waals surface area contributed by atoms with Crippen molar-refractivity contribution in [2.75, 3.05) is 5.32 Å². The fraction of sp³-hybridized carbons (Fsp3) is 0.263. The first-order valence-electron chi connectivity index (χ1n) is 8.10. The van der Waals surface area contributed by atoms with Crippen molar-refractivity contribution in [3.63, 3.8) is 0 Å². The number of rotatable bonds is 6. The summed E-state index contributed by atoms with van der Waals surface area (Å²) in [6, 6.07) is 11.6. The molecule has 0 saturated carbocycles. The molecule has 0 radical (unpaired) electrons. The normalized spacial score (nSPS) is 11.7. The summed E-state index contributed by atoms with van der Waals surface area (Å²) in [4.78, 5) is 24.4. The van der Waals surface area contributed by atoms with Gasteiger partial charge in [-0.05, 0) is 30.2 Å². The lowest BCUT2D eigenvalue weighted by molar-refractivity contribution is -0.148. The van der Waals surface area contributed by atoms with Crippen LogP contribution in [0.2, 0.25) is 5.02 Å². The Morgan fingerprint density at radius 1 is 1.12 bits per heavy atom. The van der Waals surface area contributed by atoms with Crippen LogP contribution in [0.4, 0.5) is 14.9 Å². The number of hydrogen-bond acceptors (Lipinski definition) is 3. The lowest BCUT2D eigenvalue weighted by atomic mass is 10.1. The van der Waals surface area contributed by atoms with E-state index in [-0.39, 0.29) is 23.1 Å². The van der Waals surface area contributed by atoms with E-state index in [9.17, 15) is 14.0 Å². The number of amides is 2. The third-order valence-corrected chi connectivity index (χ3v) is 4.01. The summed E-state index contributed by atoms with van der Waals surface area (Å²) >= 11 is 5.92. The van der Waals surface area contributed by atoms with Gasteiger partial charge in [-0.1, -0.05) is 49.7 Å². The SMILES string of the molecule is CC(C)[C@@H](NC(=O)Nc1ccccc1)C(=O)OCc1c(F)cccc1Cl. The number of halogens is 2. The van der Waals surface area contributed by atoms with Crippen molar-refractivity contribution in [2.45, 2.75) is 26.5 Å². The largest absolute Gasteiger partial charge is 0.459 e. The molecular formula is C19H20ClFN2O3. The van der Waals surface area contributed by atoms with Crippen molar-refractivity contribution in [3.8, 4) is 0 Å². The number of anilines is 1. The van der Waals surface area contributed by atoms with Crippen molar-refractivity contribution < 1.29 is 18.7 Å². The molecule has 138 valence electrons. The second kappa shape index (κ2) is 9.20. The molecule has 7 heteroatoms.